The molecule has 2 amide bonds. The number of amides is 2. The fourth-order valence-electron chi connectivity index (χ4n) is 2.59. The molecule has 0 radical (unpaired) electrons. The van der Waals surface area contributed by atoms with Crippen LogP contribution in [0.5, 0.6) is 0 Å². The molecule has 0 aromatic heterocycles. The van der Waals surface area contributed by atoms with Gasteiger partial charge in [-0.25, -0.2) is 4.79 Å². The monoisotopic (exact) mass is 318 g/mol. The molecule has 0 spiro atoms. The van der Waals surface area contributed by atoms with Gasteiger partial charge in [0.1, 0.15) is 6.04 Å². The predicted octanol–water partition coefficient (Wildman–Crippen LogP) is 1.74. The number of hydrogen-bond donors (Lipinski definition) is 1. The number of carbonyl (C=O) groups is 3. The number of anilines is 1. The molecule has 1 N–H and O–H groups in total. The van der Waals surface area contributed by atoms with Gasteiger partial charge < -0.3 is 15.0 Å². The zero-order chi connectivity index (χ0) is 17.0. The molecule has 0 saturated carbocycles. The van der Waals surface area contributed by atoms with Crippen molar-refractivity contribution in [3.8, 4) is 0 Å². The molecule has 6 heteroatoms. The maximum atomic E-state index is 12.4. The van der Waals surface area contributed by atoms with Crippen LogP contribution < -0.4 is 10.2 Å². The highest BCUT2D eigenvalue weighted by Crippen LogP contribution is 2.22. The molecule has 1 aliphatic rings. The van der Waals surface area contributed by atoms with Gasteiger partial charge in [0.2, 0.25) is 5.91 Å². The number of benzene rings is 1. The van der Waals surface area contributed by atoms with Crippen LogP contribution in [0, 0.1) is 5.92 Å². The summed E-state index contributed by atoms with van der Waals surface area (Å²) in [5, 5.41) is 2.70. The van der Waals surface area contributed by atoms with E-state index in [1.54, 1.807) is 29.2 Å². The minimum absolute atomic E-state index is 0.0668. The third kappa shape index (κ3) is 3.88. The van der Waals surface area contributed by atoms with Gasteiger partial charge in [0.15, 0.2) is 0 Å². The molecule has 1 atom stereocenters. The maximum absolute atomic E-state index is 12.4. The molecule has 124 valence electrons. The first-order chi connectivity index (χ1) is 10.9. The van der Waals surface area contributed by atoms with Gasteiger partial charge >= 0.3 is 5.97 Å². The summed E-state index contributed by atoms with van der Waals surface area (Å²) >= 11 is 0. The van der Waals surface area contributed by atoms with Gasteiger partial charge in [0, 0.05) is 24.2 Å². The molecule has 1 saturated heterocycles. The van der Waals surface area contributed by atoms with E-state index < -0.39 is 12.0 Å². The van der Waals surface area contributed by atoms with Crippen LogP contribution in [0.4, 0.5) is 5.69 Å². The highest BCUT2D eigenvalue weighted by atomic mass is 16.5. The molecule has 1 aromatic rings. The minimum atomic E-state index is -0.704. The van der Waals surface area contributed by atoms with Crippen molar-refractivity contribution in [2.45, 2.75) is 32.7 Å². The Labute approximate surface area is 135 Å². The number of nitrogens with one attached hydrogen (secondary N) is 1. The predicted molar refractivity (Wildman–Crippen MR) is 86.1 cm³/mol. The van der Waals surface area contributed by atoms with Crippen LogP contribution in [0.3, 0.4) is 0 Å². The van der Waals surface area contributed by atoms with Crippen molar-refractivity contribution in [2.75, 3.05) is 18.6 Å². The second kappa shape index (κ2) is 7.26. The van der Waals surface area contributed by atoms with Crippen molar-refractivity contribution in [3.05, 3.63) is 29.8 Å². The van der Waals surface area contributed by atoms with Gasteiger partial charge in [-0.3, -0.25) is 9.59 Å². The molecule has 2 rings (SSSR count). The number of esters is 1. The summed E-state index contributed by atoms with van der Waals surface area (Å²) in [7, 11) is 1.30. The Morgan fingerprint density at radius 1 is 1.30 bits per heavy atom. The Hall–Kier alpha value is -2.37. The van der Waals surface area contributed by atoms with Crippen LogP contribution in [0.25, 0.3) is 0 Å². The van der Waals surface area contributed by atoms with Crippen LogP contribution in [-0.2, 0) is 14.3 Å². The molecular weight excluding hydrogens is 296 g/mol. The van der Waals surface area contributed by atoms with Gasteiger partial charge in [0.05, 0.1) is 7.11 Å². The normalized spacial score (nSPS) is 15.7. The maximum Gasteiger partial charge on any atom is 0.328 e. The van der Waals surface area contributed by atoms with Crippen molar-refractivity contribution in [3.63, 3.8) is 0 Å². The van der Waals surface area contributed by atoms with E-state index >= 15 is 0 Å². The van der Waals surface area contributed by atoms with Gasteiger partial charge in [-0.15, -0.1) is 0 Å². The smallest absolute Gasteiger partial charge is 0.328 e. The molecule has 0 bridgehead atoms. The van der Waals surface area contributed by atoms with E-state index in [1.807, 2.05) is 13.8 Å². The van der Waals surface area contributed by atoms with E-state index in [9.17, 15) is 14.4 Å². The molecular formula is C17H22N2O4. The van der Waals surface area contributed by atoms with Gasteiger partial charge in [0.25, 0.3) is 5.91 Å². The van der Waals surface area contributed by atoms with Crippen LogP contribution in [0.1, 0.15) is 37.0 Å². The topological polar surface area (TPSA) is 75.7 Å². The van der Waals surface area contributed by atoms with Gasteiger partial charge in [-0.05, 0) is 30.5 Å². The van der Waals surface area contributed by atoms with Crippen molar-refractivity contribution < 1.29 is 19.1 Å². The minimum Gasteiger partial charge on any atom is -0.467 e. The van der Waals surface area contributed by atoms with E-state index in [4.69, 9.17) is 4.74 Å². The molecule has 1 fully saturated rings. The fourth-order valence-corrected chi connectivity index (χ4v) is 2.59. The number of hydrogen-bond acceptors (Lipinski definition) is 4. The third-order valence-electron chi connectivity index (χ3n) is 3.90. The lowest BCUT2D eigenvalue weighted by Gasteiger charge is -2.20. The molecule has 1 aliphatic heterocycles. The van der Waals surface area contributed by atoms with E-state index in [0.717, 1.165) is 6.42 Å². The zero-order valence-corrected chi connectivity index (χ0v) is 13.7. The average molecular weight is 318 g/mol. The number of nitrogens with zero attached hydrogens (tertiary/aromatic N) is 1. The summed E-state index contributed by atoms with van der Waals surface area (Å²) in [6.45, 7) is 4.34. The first-order valence-electron chi connectivity index (χ1n) is 7.73. The standard InChI is InChI=1S/C17H22N2O4/c1-11(2)15(17(22)23-3)18-16(21)12-6-4-7-13(10-12)19-9-5-8-14(19)20/h4,6-7,10-11,15H,5,8-9H2,1-3H3,(H,18,21). The lowest BCUT2D eigenvalue weighted by Crippen LogP contribution is -2.45. The molecule has 1 unspecified atom stereocenters. The molecule has 1 aromatic carbocycles. The second-order valence-electron chi connectivity index (χ2n) is 5.92. The van der Waals surface area contributed by atoms with Crippen molar-refractivity contribution in [1.82, 2.24) is 5.32 Å². The Morgan fingerprint density at radius 2 is 2.04 bits per heavy atom. The molecule has 6 nitrogen and oxygen atoms in total. The summed E-state index contributed by atoms with van der Waals surface area (Å²) in [6.07, 6.45) is 1.36. The lowest BCUT2D eigenvalue weighted by atomic mass is 10.0. The Morgan fingerprint density at radius 3 is 2.61 bits per heavy atom. The SMILES string of the molecule is COC(=O)C(NC(=O)c1cccc(N2CCCC2=O)c1)C(C)C. The van der Waals surface area contributed by atoms with E-state index in [0.29, 0.717) is 24.2 Å². The van der Waals surface area contributed by atoms with Gasteiger partial charge in [-0.1, -0.05) is 19.9 Å². The first-order valence-corrected chi connectivity index (χ1v) is 7.73. The Kier molecular flexibility index (Phi) is 5.36. The number of ether oxygens (including phenoxy) is 1. The summed E-state index contributed by atoms with van der Waals surface area (Å²) in [5.41, 5.74) is 1.12. The highest BCUT2D eigenvalue weighted by Gasteiger charge is 2.26. The van der Waals surface area contributed by atoms with E-state index in [-0.39, 0.29) is 17.7 Å². The third-order valence-corrected chi connectivity index (χ3v) is 3.90. The van der Waals surface area contributed by atoms with Crippen LogP contribution in [-0.4, -0.2) is 37.5 Å². The average Bonchev–Trinajstić information content (AvgIpc) is 2.97. The summed E-state index contributed by atoms with van der Waals surface area (Å²) in [4.78, 5) is 37.6. The van der Waals surface area contributed by atoms with Gasteiger partial charge in [-0.2, -0.15) is 0 Å². The van der Waals surface area contributed by atoms with E-state index in [1.165, 1.54) is 7.11 Å². The number of methoxy groups -OCH3 is 1. The highest BCUT2D eigenvalue weighted by molar-refractivity contribution is 6.00. The quantitative estimate of drug-likeness (QED) is 0.839. The number of carbonyl (C=O) groups excluding carboxylic acids is 3. The van der Waals surface area contributed by atoms with Crippen LogP contribution in [0.2, 0.25) is 0 Å². The first kappa shape index (κ1) is 17.0. The number of rotatable bonds is 5. The Bertz CT molecular complexity index is 612. The fraction of sp³-hybridized carbons (Fsp3) is 0.471. The van der Waals surface area contributed by atoms with Crippen molar-refractivity contribution in [1.29, 1.82) is 0 Å². The van der Waals surface area contributed by atoms with E-state index in [2.05, 4.69) is 5.32 Å². The lowest BCUT2D eigenvalue weighted by molar-refractivity contribution is -0.144. The summed E-state index contributed by atoms with van der Waals surface area (Å²) < 4.78 is 4.72. The molecule has 23 heavy (non-hydrogen) atoms. The second-order valence-corrected chi connectivity index (χ2v) is 5.92. The summed E-state index contributed by atoms with van der Waals surface area (Å²) in [5.74, 6) is -0.853. The van der Waals surface area contributed by atoms with Crippen LogP contribution >= 0.6 is 0 Å². The van der Waals surface area contributed by atoms with Crippen molar-refractivity contribution >= 4 is 23.5 Å². The molecule has 0 aliphatic carbocycles. The molecule has 1 heterocycles. The zero-order valence-electron chi connectivity index (χ0n) is 13.7. The Balaban J connectivity index is 2.16. The summed E-state index contributed by atoms with van der Waals surface area (Å²) in [6, 6.07) is 6.17. The van der Waals surface area contributed by atoms with Crippen LogP contribution in [0.15, 0.2) is 24.3 Å². The largest absolute Gasteiger partial charge is 0.467 e. The van der Waals surface area contributed by atoms with Crippen molar-refractivity contribution in [2.24, 2.45) is 5.92 Å².